The maximum Gasteiger partial charge on any atom is 0.268 e. The van der Waals surface area contributed by atoms with Crippen LogP contribution < -0.4 is 4.90 Å². The number of carbonyl (C=O) groups excluding carboxylic acids is 1. The Morgan fingerprint density at radius 2 is 1.95 bits per heavy atom. The number of hydrogen-bond acceptors (Lipinski definition) is 3. The van der Waals surface area contributed by atoms with Gasteiger partial charge in [-0.15, -0.1) is 11.3 Å². The van der Waals surface area contributed by atoms with Gasteiger partial charge in [-0.05, 0) is 23.6 Å². The normalized spacial score (nSPS) is 22.8. The van der Waals surface area contributed by atoms with Gasteiger partial charge in [-0.1, -0.05) is 30.3 Å². The van der Waals surface area contributed by atoms with Crippen molar-refractivity contribution in [3.05, 3.63) is 65.0 Å². The van der Waals surface area contributed by atoms with Gasteiger partial charge in [0, 0.05) is 23.2 Å². The molecule has 4 heteroatoms. The molecule has 3 rings (SSSR count). The van der Waals surface area contributed by atoms with Gasteiger partial charge in [0.2, 0.25) is 0 Å². The average molecular weight is 271 g/mol. The number of amides is 1. The summed E-state index contributed by atoms with van der Waals surface area (Å²) in [6.07, 6.45) is 3.86. The fourth-order valence-corrected chi connectivity index (χ4v) is 3.02. The molecule has 2 heterocycles. The van der Waals surface area contributed by atoms with Gasteiger partial charge in [0.05, 0.1) is 0 Å². The molecule has 0 radical (unpaired) electrons. The number of nitrogens with zero attached hydrogens (tertiary/aromatic N) is 1. The van der Waals surface area contributed by atoms with Crippen molar-refractivity contribution < 1.29 is 9.90 Å². The first-order valence-electron chi connectivity index (χ1n) is 6.03. The molecule has 0 bridgehead atoms. The van der Waals surface area contributed by atoms with Crippen LogP contribution in [0.1, 0.15) is 11.3 Å². The van der Waals surface area contributed by atoms with E-state index < -0.39 is 5.60 Å². The van der Waals surface area contributed by atoms with Gasteiger partial charge in [-0.2, -0.15) is 0 Å². The number of hydrogen-bond donors (Lipinski definition) is 1. The van der Waals surface area contributed by atoms with E-state index in [9.17, 15) is 9.90 Å². The standard InChI is InChI=1S/C15H13NO2S/c17-14-15(18,13-8-4-11-19-13)9-5-10-16(14)12-6-2-1-3-7-12/h1-8,10-11,18H,9H2/t15-/m0/s1. The van der Waals surface area contributed by atoms with Crippen molar-refractivity contribution in [3.8, 4) is 0 Å². The highest BCUT2D eigenvalue weighted by Crippen LogP contribution is 2.35. The van der Waals surface area contributed by atoms with Crippen LogP contribution in [0.3, 0.4) is 0 Å². The second-order valence-electron chi connectivity index (χ2n) is 4.44. The smallest absolute Gasteiger partial charge is 0.268 e. The molecule has 0 saturated carbocycles. The molecule has 1 aromatic carbocycles. The Hall–Kier alpha value is -1.91. The summed E-state index contributed by atoms with van der Waals surface area (Å²) in [5.74, 6) is -0.302. The highest BCUT2D eigenvalue weighted by Gasteiger charge is 2.43. The lowest BCUT2D eigenvalue weighted by Gasteiger charge is -2.33. The van der Waals surface area contributed by atoms with Gasteiger partial charge < -0.3 is 5.11 Å². The quantitative estimate of drug-likeness (QED) is 0.912. The average Bonchev–Trinajstić information content (AvgIpc) is 2.98. The van der Waals surface area contributed by atoms with Gasteiger partial charge in [-0.3, -0.25) is 9.69 Å². The topological polar surface area (TPSA) is 40.5 Å². The molecule has 3 nitrogen and oxygen atoms in total. The molecular weight excluding hydrogens is 258 g/mol. The molecule has 0 saturated heterocycles. The van der Waals surface area contributed by atoms with Crippen LogP contribution in [0.5, 0.6) is 0 Å². The van der Waals surface area contributed by atoms with Crippen LogP contribution in [0.25, 0.3) is 0 Å². The van der Waals surface area contributed by atoms with E-state index >= 15 is 0 Å². The summed E-state index contributed by atoms with van der Waals surface area (Å²) in [7, 11) is 0. The lowest BCUT2D eigenvalue weighted by Crippen LogP contribution is -2.46. The Morgan fingerprint density at radius 3 is 2.63 bits per heavy atom. The summed E-state index contributed by atoms with van der Waals surface area (Å²) in [4.78, 5) is 14.8. The second-order valence-corrected chi connectivity index (χ2v) is 5.38. The summed E-state index contributed by atoms with van der Waals surface area (Å²) in [5.41, 5.74) is -0.683. The Balaban J connectivity index is 2.01. The first kappa shape index (κ1) is 12.1. The lowest BCUT2D eigenvalue weighted by molar-refractivity contribution is -0.137. The van der Waals surface area contributed by atoms with Crippen molar-refractivity contribution in [3.63, 3.8) is 0 Å². The maximum atomic E-state index is 12.6. The molecule has 0 spiro atoms. The number of aliphatic hydroxyl groups is 1. The zero-order valence-electron chi connectivity index (χ0n) is 10.2. The zero-order chi connectivity index (χ0) is 13.3. The van der Waals surface area contributed by atoms with E-state index in [0.29, 0.717) is 11.3 Å². The van der Waals surface area contributed by atoms with E-state index in [-0.39, 0.29) is 5.91 Å². The predicted octanol–water partition coefficient (Wildman–Crippen LogP) is 2.89. The van der Waals surface area contributed by atoms with Crippen LogP contribution in [0.2, 0.25) is 0 Å². The number of carbonyl (C=O) groups is 1. The van der Waals surface area contributed by atoms with Crippen LogP contribution in [0, 0.1) is 0 Å². The lowest BCUT2D eigenvalue weighted by atomic mass is 9.93. The number of thiophene rings is 1. The number of rotatable bonds is 2. The molecule has 1 atom stereocenters. The summed E-state index contributed by atoms with van der Waals surface area (Å²) in [5, 5.41) is 12.6. The zero-order valence-corrected chi connectivity index (χ0v) is 11.0. The van der Waals surface area contributed by atoms with Crippen molar-refractivity contribution in [2.24, 2.45) is 0 Å². The molecule has 1 aliphatic heterocycles. The molecular formula is C15H13NO2S. The molecule has 1 aliphatic rings. The van der Waals surface area contributed by atoms with Crippen LogP contribution in [0.4, 0.5) is 5.69 Å². The van der Waals surface area contributed by atoms with Gasteiger partial charge in [0.1, 0.15) is 0 Å². The molecule has 1 N–H and O–H groups in total. The monoisotopic (exact) mass is 271 g/mol. The minimum absolute atomic E-state index is 0.302. The van der Waals surface area contributed by atoms with Gasteiger partial charge >= 0.3 is 0 Å². The third kappa shape index (κ3) is 1.99. The third-order valence-corrected chi connectivity index (χ3v) is 4.22. The second kappa shape index (κ2) is 4.64. The molecule has 96 valence electrons. The highest BCUT2D eigenvalue weighted by molar-refractivity contribution is 7.10. The number of benzene rings is 1. The Kier molecular flexibility index (Phi) is 2.97. The molecule has 0 unspecified atom stereocenters. The van der Waals surface area contributed by atoms with Crippen LogP contribution in [-0.2, 0) is 10.4 Å². The summed E-state index contributed by atoms with van der Waals surface area (Å²) in [6.45, 7) is 0. The first-order chi connectivity index (χ1) is 9.22. The molecule has 0 fully saturated rings. The largest absolute Gasteiger partial charge is 0.374 e. The van der Waals surface area contributed by atoms with Crippen molar-refractivity contribution in [1.29, 1.82) is 0 Å². The molecule has 19 heavy (non-hydrogen) atoms. The predicted molar refractivity (Wildman–Crippen MR) is 75.9 cm³/mol. The first-order valence-corrected chi connectivity index (χ1v) is 6.91. The van der Waals surface area contributed by atoms with Gasteiger partial charge in [0.15, 0.2) is 5.60 Å². The van der Waals surface area contributed by atoms with Crippen LogP contribution in [-0.4, -0.2) is 11.0 Å². The van der Waals surface area contributed by atoms with Crippen molar-refractivity contribution >= 4 is 22.9 Å². The van der Waals surface area contributed by atoms with Gasteiger partial charge in [-0.25, -0.2) is 0 Å². The van der Waals surface area contributed by atoms with E-state index in [1.807, 2.05) is 47.9 Å². The maximum absolute atomic E-state index is 12.6. The SMILES string of the molecule is O=C1N(c2ccccc2)C=CC[C@]1(O)c1cccs1. The Morgan fingerprint density at radius 1 is 1.16 bits per heavy atom. The van der Waals surface area contributed by atoms with E-state index in [4.69, 9.17) is 0 Å². The highest BCUT2D eigenvalue weighted by atomic mass is 32.1. The fraction of sp³-hybridized carbons (Fsp3) is 0.133. The van der Waals surface area contributed by atoms with E-state index in [2.05, 4.69) is 0 Å². The summed E-state index contributed by atoms with van der Waals surface area (Å²) < 4.78 is 0. The van der Waals surface area contributed by atoms with E-state index in [0.717, 1.165) is 5.69 Å². The molecule has 2 aromatic rings. The molecule has 0 aliphatic carbocycles. The van der Waals surface area contributed by atoms with Crippen LogP contribution in [0.15, 0.2) is 60.1 Å². The molecule has 1 aromatic heterocycles. The van der Waals surface area contributed by atoms with Crippen molar-refractivity contribution in [2.45, 2.75) is 12.0 Å². The third-order valence-electron chi connectivity index (χ3n) is 3.20. The minimum atomic E-state index is -1.45. The summed E-state index contributed by atoms with van der Waals surface area (Å²) in [6, 6.07) is 13.0. The Bertz CT molecular complexity index is 606. The minimum Gasteiger partial charge on any atom is -0.374 e. The van der Waals surface area contributed by atoms with Crippen molar-refractivity contribution in [1.82, 2.24) is 0 Å². The van der Waals surface area contributed by atoms with E-state index in [1.165, 1.54) is 16.2 Å². The molecule has 1 amide bonds. The number of anilines is 1. The fourth-order valence-electron chi connectivity index (χ4n) is 2.19. The van der Waals surface area contributed by atoms with Crippen molar-refractivity contribution in [2.75, 3.05) is 4.90 Å². The van der Waals surface area contributed by atoms with Gasteiger partial charge in [0.25, 0.3) is 5.91 Å². The van der Waals surface area contributed by atoms with Crippen LogP contribution >= 0.6 is 11.3 Å². The Labute approximate surface area is 115 Å². The number of para-hydroxylation sites is 1. The van der Waals surface area contributed by atoms with E-state index in [1.54, 1.807) is 12.3 Å². The summed E-state index contributed by atoms with van der Waals surface area (Å²) >= 11 is 1.40.